The summed E-state index contributed by atoms with van der Waals surface area (Å²) in [6, 6.07) is 27.8. The van der Waals surface area contributed by atoms with Crippen LogP contribution in [0.3, 0.4) is 0 Å². The number of nitrogens with one attached hydrogen (secondary N) is 1. The lowest BCUT2D eigenvalue weighted by Crippen LogP contribution is -2.32. The molecule has 1 N–H and O–H groups in total. The summed E-state index contributed by atoms with van der Waals surface area (Å²) < 4.78 is 40.5. The van der Waals surface area contributed by atoms with Gasteiger partial charge in [-0.25, -0.2) is 13.4 Å². The highest BCUT2D eigenvalue weighted by Crippen LogP contribution is 2.45. The Morgan fingerprint density at radius 1 is 0.936 bits per heavy atom. The number of allylic oxidation sites excluding steroid dienone is 1. The van der Waals surface area contributed by atoms with Crippen LogP contribution in [-0.4, -0.2) is 38.3 Å². The molecule has 1 heterocycles. The molecule has 0 aromatic heterocycles. The van der Waals surface area contributed by atoms with E-state index < -0.39 is 10.0 Å². The van der Waals surface area contributed by atoms with Gasteiger partial charge in [-0.3, -0.25) is 9.52 Å². The Morgan fingerprint density at radius 2 is 1.60 bits per heavy atom. The summed E-state index contributed by atoms with van der Waals surface area (Å²) in [7, 11) is -3.98. The minimum atomic E-state index is -3.98. The molecule has 2 atom stereocenters. The van der Waals surface area contributed by atoms with E-state index in [1.165, 1.54) is 17.1 Å². The minimum absolute atomic E-state index is 0.0296. The molecular formula is C37H36ClN3O5S. The summed E-state index contributed by atoms with van der Waals surface area (Å²) >= 11 is 5.96. The van der Waals surface area contributed by atoms with Gasteiger partial charge in [0.05, 0.1) is 29.9 Å². The van der Waals surface area contributed by atoms with Gasteiger partial charge in [0.2, 0.25) is 0 Å². The topological polar surface area (TPSA) is 97.3 Å². The van der Waals surface area contributed by atoms with Gasteiger partial charge < -0.3 is 9.47 Å². The quantitative estimate of drug-likeness (QED) is 0.183. The number of sulfonamides is 1. The number of carbonyl (C=O) groups excluding carboxylic acids is 1. The van der Waals surface area contributed by atoms with Crippen molar-refractivity contribution in [2.24, 2.45) is 11.0 Å². The fourth-order valence-corrected chi connectivity index (χ4v) is 7.35. The molecule has 10 heteroatoms. The number of hydrazone groups is 1. The van der Waals surface area contributed by atoms with Crippen molar-refractivity contribution in [1.29, 1.82) is 0 Å². The standard InChI is InChI=1S/C37H36ClN3O5S/c1-3-45-31-19-11-25(12-20-31)23-27-7-6-10-34-35(27)39-41(36(34)26-13-21-32(22-14-26)46-4-2)37(42)28-8-5-9-33(24-28)47(43,44)40-30-17-15-29(38)16-18-30/h5,8-9,11-24,34,36,40H,3-4,6-7,10H2,1-2H3/b27-23+/t34-,36-/m1/s1. The smallest absolute Gasteiger partial charge is 0.274 e. The maximum Gasteiger partial charge on any atom is 0.274 e. The number of anilines is 1. The van der Waals surface area contributed by atoms with Gasteiger partial charge in [-0.05, 0) is 123 Å². The third-order valence-electron chi connectivity index (χ3n) is 8.26. The number of fused-ring (bicyclic) bond motifs is 1. The predicted molar refractivity (Wildman–Crippen MR) is 186 cm³/mol. The normalized spacial score (nSPS) is 18.4. The van der Waals surface area contributed by atoms with E-state index >= 15 is 0 Å². The van der Waals surface area contributed by atoms with Crippen molar-refractivity contribution < 1.29 is 22.7 Å². The summed E-state index contributed by atoms with van der Waals surface area (Å²) in [6.07, 6.45) is 4.79. The number of hydrogen-bond acceptors (Lipinski definition) is 6. The SMILES string of the molecule is CCOc1ccc(/C=C2\CCC[C@@H]3C2=NN(C(=O)c2cccc(S(=O)(=O)Nc4ccc(Cl)cc4)c2)[C@@H]3c2ccc(OCC)cc2)cc1. The molecule has 242 valence electrons. The number of hydrogen-bond donors (Lipinski definition) is 1. The van der Waals surface area contributed by atoms with E-state index in [9.17, 15) is 13.2 Å². The summed E-state index contributed by atoms with van der Waals surface area (Å²) in [4.78, 5) is 14.3. The minimum Gasteiger partial charge on any atom is -0.494 e. The van der Waals surface area contributed by atoms with Crippen LogP contribution >= 0.6 is 11.6 Å². The highest BCUT2D eigenvalue weighted by atomic mass is 35.5. The summed E-state index contributed by atoms with van der Waals surface area (Å²) in [5.41, 5.74) is 4.51. The Labute approximate surface area is 280 Å². The molecule has 0 spiro atoms. The average molecular weight is 670 g/mol. The van der Waals surface area contributed by atoms with E-state index in [4.69, 9.17) is 26.2 Å². The van der Waals surface area contributed by atoms with Gasteiger partial charge in [0.25, 0.3) is 15.9 Å². The second-order valence-corrected chi connectivity index (χ2v) is 13.5. The number of amides is 1. The molecule has 1 fully saturated rings. The van der Waals surface area contributed by atoms with Crippen LogP contribution in [0.4, 0.5) is 5.69 Å². The van der Waals surface area contributed by atoms with Gasteiger partial charge in [0.1, 0.15) is 11.5 Å². The van der Waals surface area contributed by atoms with Gasteiger partial charge in [0, 0.05) is 22.2 Å². The van der Waals surface area contributed by atoms with Crippen LogP contribution in [0.5, 0.6) is 11.5 Å². The molecule has 0 radical (unpaired) electrons. The monoisotopic (exact) mass is 669 g/mol. The van der Waals surface area contributed by atoms with E-state index in [-0.39, 0.29) is 28.3 Å². The number of nitrogens with zero attached hydrogens (tertiary/aromatic N) is 2. The van der Waals surface area contributed by atoms with E-state index in [2.05, 4.69) is 10.8 Å². The van der Waals surface area contributed by atoms with Crippen LogP contribution < -0.4 is 14.2 Å². The number of ether oxygens (including phenoxy) is 2. The van der Waals surface area contributed by atoms with Crippen molar-refractivity contribution in [3.8, 4) is 11.5 Å². The number of benzene rings is 4. The molecular weight excluding hydrogens is 634 g/mol. The molecule has 1 aliphatic carbocycles. The van der Waals surface area contributed by atoms with Crippen molar-refractivity contribution in [3.05, 3.63) is 124 Å². The van der Waals surface area contributed by atoms with Crippen LogP contribution in [0.1, 0.15) is 60.6 Å². The first-order valence-corrected chi connectivity index (χ1v) is 17.6. The first-order chi connectivity index (χ1) is 22.8. The molecule has 0 unspecified atom stereocenters. The van der Waals surface area contributed by atoms with Gasteiger partial charge in [-0.2, -0.15) is 5.10 Å². The zero-order chi connectivity index (χ0) is 33.0. The number of carbonyl (C=O) groups is 1. The predicted octanol–water partition coefficient (Wildman–Crippen LogP) is 8.38. The van der Waals surface area contributed by atoms with E-state index in [0.717, 1.165) is 53.2 Å². The fraction of sp³-hybridized carbons (Fsp3) is 0.243. The molecule has 4 aromatic rings. The van der Waals surface area contributed by atoms with E-state index in [1.54, 1.807) is 36.4 Å². The van der Waals surface area contributed by atoms with E-state index in [0.29, 0.717) is 23.9 Å². The molecule has 1 aliphatic heterocycles. The van der Waals surface area contributed by atoms with Gasteiger partial charge in [-0.15, -0.1) is 0 Å². The maximum absolute atomic E-state index is 14.3. The van der Waals surface area contributed by atoms with Crippen molar-refractivity contribution in [3.63, 3.8) is 0 Å². The van der Waals surface area contributed by atoms with Crippen molar-refractivity contribution >= 4 is 45.0 Å². The molecule has 1 saturated carbocycles. The summed E-state index contributed by atoms with van der Waals surface area (Å²) in [5, 5.41) is 7.02. The van der Waals surface area contributed by atoms with Crippen LogP contribution in [0.2, 0.25) is 5.02 Å². The highest BCUT2D eigenvalue weighted by Gasteiger charge is 2.44. The maximum atomic E-state index is 14.3. The van der Waals surface area contributed by atoms with Crippen LogP contribution in [-0.2, 0) is 10.0 Å². The third-order valence-corrected chi connectivity index (χ3v) is 9.89. The zero-order valence-electron chi connectivity index (χ0n) is 26.2. The molecule has 0 saturated heterocycles. The Bertz CT molecular complexity index is 1910. The summed E-state index contributed by atoms with van der Waals surface area (Å²) in [6.45, 7) is 5.04. The molecule has 0 bridgehead atoms. The van der Waals surface area contributed by atoms with Crippen molar-refractivity contribution in [2.45, 2.75) is 44.0 Å². The third kappa shape index (κ3) is 7.21. The molecule has 4 aromatic carbocycles. The molecule has 1 amide bonds. The molecule has 2 aliphatic rings. The van der Waals surface area contributed by atoms with Crippen LogP contribution in [0.15, 0.2) is 113 Å². The lowest BCUT2D eigenvalue weighted by molar-refractivity contribution is 0.0680. The van der Waals surface area contributed by atoms with Gasteiger partial charge in [0.15, 0.2) is 0 Å². The lowest BCUT2D eigenvalue weighted by Gasteiger charge is -2.30. The Kier molecular flexibility index (Phi) is 9.66. The number of rotatable bonds is 10. The second kappa shape index (κ2) is 14.0. The first kappa shape index (κ1) is 32.3. The second-order valence-electron chi connectivity index (χ2n) is 11.4. The van der Waals surface area contributed by atoms with Gasteiger partial charge in [-0.1, -0.05) is 41.9 Å². The zero-order valence-corrected chi connectivity index (χ0v) is 27.8. The Morgan fingerprint density at radius 3 is 2.26 bits per heavy atom. The largest absolute Gasteiger partial charge is 0.494 e. The van der Waals surface area contributed by atoms with Crippen molar-refractivity contribution in [2.75, 3.05) is 17.9 Å². The van der Waals surface area contributed by atoms with Gasteiger partial charge >= 0.3 is 0 Å². The lowest BCUT2D eigenvalue weighted by atomic mass is 9.77. The molecule has 8 nitrogen and oxygen atoms in total. The number of halogens is 1. The first-order valence-electron chi connectivity index (χ1n) is 15.7. The van der Waals surface area contributed by atoms with Crippen LogP contribution in [0, 0.1) is 5.92 Å². The fourth-order valence-electron chi connectivity index (χ4n) is 6.12. The molecule has 6 rings (SSSR count). The highest BCUT2D eigenvalue weighted by molar-refractivity contribution is 7.92. The molecule has 47 heavy (non-hydrogen) atoms. The average Bonchev–Trinajstić information content (AvgIpc) is 3.48. The van der Waals surface area contributed by atoms with E-state index in [1.807, 2.05) is 62.4 Å². The Balaban J connectivity index is 1.35. The Hall–Kier alpha value is -4.60. The summed E-state index contributed by atoms with van der Waals surface area (Å²) in [5.74, 6) is 1.15. The van der Waals surface area contributed by atoms with Crippen molar-refractivity contribution in [1.82, 2.24) is 5.01 Å². The van der Waals surface area contributed by atoms with Crippen LogP contribution in [0.25, 0.3) is 6.08 Å².